The first-order valence-electron chi connectivity index (χ1n) is 15.1. The van der Waals surface area contributed by atoms with E-state index in [-0.39, 0.29) is 48.5 Å². The maximum absolute atomic E-state index is 12.7. The van der Waals surface area contributed by atoms with Gasteiger partial charge < -0.3 is 24.1 Å². The number of carbonyl (C=O) groups is 5. The number of aliphatic hydroxyl groups excluding tert-OH is 1. The average Bonchev–Trinajstić information content (AvgIpc) is 3.07. The predicted octanol–water partition coefficient (Wildman–Crippen LogP) is 5.81. The predicted molar refractivity (Wildman–Crippen MR) is 182 cm³/mol. The molecule has 0 spiro atoms. The van der Waals surface area contributed by atoms with Crippen LogP contribution in [0, 0.1) is 0 Å². The lowest BCUT2D eigenvalue weighted by molar-refractivity contribution is -0.161. The highest BCUT2D eigenvalue weighted by Gasteiger charge is 2.22. The van der Waals surface area contributed by atoms with Crippen molar-refractivity contribution in [1.29, 1.82) is 0 Å². The molecule has 0 heterocycles. The Kier molecular flexibility index (Phi) is 18.8. The van der Waals surface area contributed by atoms with Crippen LogP contribution in [-0.2, 0) is 49.3 Å². The van der Waals surface area contributed by atoms with Gasteiger partial charge >= 0.3 is 29.8 Å². The Bertz CT molecular complexity index is 1460. The Hall–Kier alpha value is -5.35. The number of ether oxygens (including phenoxy) is 4. The largest absolute Gasteiger partial charge is 0.458 e. The van der Waals surface area contributed by atoms with Gasteiger partial charge in [0.15, 0.2) is 6.10 Å². The van der Waals surface area contributed by atoms with Crippen LogP contribution in [0.15, 0.2) is 115 Å². The summed E-state index contributed by atoms with van der Waals surface area (Å²) in [6.07, 6.45) is 2.28. The molecule has 0 aliphatic carbocycles. The first kappa shape index (κ1) is 40.7. The molecule has 1 atom stereocenters. The second-order valence-corrected chi connectivity index (χ2v) is 10.7. The molecule has 1 unspecified atom stereocenters. The number of aryl methyl sites for hydroxylation is 1. The Labute approximate surface area is 282 Å². The van der Waals surface area contributed by atoms with Crippen LogP contribution >= 0.6 is 0 Å². The van der Waals surface area contributed by atoms with E-state index in [1.54, 1.807) is 13.0 Å². The lowest BCUT2D eigenvalue weighted by atomic mass is 10.1. The quantitative estimate of drug-likeness (QED) is 0.0955. The van der Waals surface area contributed by atoms with E-state index in [9.17, 15) is 24.0 Å². The lowest BCUT2D eigenvalue weighted by Gasteiger charge is -2.19. The van der Waals surface area contributed by atoms with Crippen molar-refractivity contribution in [3.8, 4) is 0 Å². The monoisotopic (exact) mass is 660 g/mol. The molecule has 0 amide bonds. The van der Waals surface area contributed by atoms with Gasteiger partial charge in [0.2, 0.25) is 0 Å². The molecule has 10 nitrogen and oxygen atoms in total. The number of carbonyl (C=O) groups excluding carboxylic acids is 5. The van der Waals surface area contributed by atoms with Crippen LogP contribution in [0.3, 0.4) is 0 Å². The van der Waals surface area contributed by atoms with E-state index in [0.29, 0.717) is 24.8 Å². The summed E-state index contributed by atoms with van der Waals surface area (Å²) in [5.41, 5.74) is 3.07. The number of hydrogen-bond donors (Lipinski definition) is 1. The van der Waals surface area contributed by atoms with Gasteiger partial charge in [0, 0.05) is 34.5 Å². The molecule has 0 saturated heterocycles. The summed E-state index contributed by atoms with van der Waals surface area (Å²) in [5, 5.41) is 8.93. The van der Waals surface area contributed by atoms with Gasteiger partial charge in [-0.2, -0.15) is 0 Å². The zero-order valence-corrected chi connectivity index (χ0v) is 27.8. The van der Waals surface area contributed by atoms with Gasteiger partial charge in [-0.05, 0) is 63.7 Å². The SMILES string of the molecule is C=C(C)C(=O)OC(=O)C(=C)C.C=C(CCCO)C(=O)OCC(COC(=O)C(C)=Cc1ccccc1)OC(=O)C(=C)CCc1ccccc1. The fourth-order valence-electron chi connectivity index (χ4n) is 3.46. The summed E-state index contributed by atoms with van der Waals surface area (Å²) in [6.45, 7) is 17.9. The Morgan fingerprint density at radius 2 is 1.19 bits per heavy atom. The second-order valence-electron chi connectivity index (χ2n) is 10.7. The zero-order valence-electron chi connectivity index (χ0n) is 27.8. The molecule has 0 bridgehead atoms. The third-order valence-corrected chi connectivity index (χ3v) is 6.23. The molecule has 256 valence electrons. The summed E-state index contributed by atoms with van der Waals surface area (Å²) in [6, 6.07) is 18.9. The first-order chi connectivity index (χ1) is 22.7. The van der Waals surface area contributed by atoms with E-state index in [0.717, 1.165) is 11.1 Å². The lowest BCUT2D eigenvalue weighted by Crippen LogP contribution is -2.31. The highest BCUT2D eigenvalue weighted by atomic mass is 16.6. The van der Waals surface area contributed by atoms with Gasteiger partial charge in [-0.15, -0.1) is 0 Å². The van der Waals surface area contributed by atoms with Crippen LogP contribution in [-0.4, -0.2) is 60.9 Å². The molecule has 0 saturated carbocycles. The number of aliphatic hydroxyl groups is 1. The van der Waals surface area contributed by atoms with Crippen molar-refractivity contribution in [1.82, 2.24) is 0 Å². The van der Waals surface area contributed by atoms with Crippen molar-refractivity contribution >= 4 is 35.9 Å². The number of hydrogen-bond acceptors (Lipinski definition) is 10. The fraction of sp³-hybridized carbons (Fsp3) is 0.289. The van der Waals surface area contributed by atoms with Crippen LogP contribution < -0.4 is 0 Å². The van der Waals surface area contributed by atoms with Crippen molar-refractivity contribution in [2.24, 2.45) is 0 Å². The Morgan fingerprint density at radius 1 is 0.688 bits per heavy atom. The summed E-state index contributed by atoms with van der Waals surface area (Å²) < 4.78 is 20.3. The van der Waals surface area contributed by atoms with Crippen LogP contribution in [0.2, 0.25) is 0 Å². The summed E-state index contributed by atoms with van der Waals surface area (Å²) in [4.78, 5) is 58.7. The molecular formula is C38H44O10. The zero-order chi connectivity index (χ0) is 36.1. The van der Waals surface area contributed by atoms with Crippen LogP contribution in [0.5, 0.6) is 0 Å². The molecule has 0 fully saturated rings. The Balaban J connectivity index is 0.000000894. The summed E-state index contributed by atoms with van der Waals surface area (Å²) in [5.74, 6) is -3.35. The Morgan fingerprint density at radius 3 is 1.71 bits per heavy atom. The van der Waals surface area contributed by atoms with Crippen molar-refractivity contribution in [2.75, 3.05) is 19.8 Å². The van der Waals surface area contributed by atoms with Crippen LogP contribution in [0.4, 0.5) is 0 Å². The standard InChI is InChI=1S/C30H34O7.C8H10O3/c1-22(11-10-18-31)28(32)35-20-27(21-36-29(33)24(3)19-26-14-8-5-9-15-26)37-30(34)23(2)16-17-25-12-6-4-7-13-25;1-5(2)7(9)11-8(10)6(3)4/h4-9,12-15,19,27,31H,1-2,10-11,16-18,20-21H2,3H3;1,3H2,2,4H3. The minimum atomic E-state index is -1.04. The van der Waals surface area contributed by atoms with Gasteiger partial charge in [0.05, 0.1) is 0 Å². The van der Waals surface area contributed by atoms with E-state index in [1.807, 2.05) is 60.7 Å². The van der Waals surface area contributed by atoms with Gasteiger partial charge in [-0.3, -0.25) is 0 Å². The normalized spacial score (nSPS) is 11.0. The van der Waals surface area contributed by atoms with E-state index in [2.05, 4.69) is 31.1 Å². The second kappa shape index (κ2) is 22.2. The number of benzene rings is 2. The molecular weight excluding hydrogens is 616 g/mol. The van der Waals surface area contributed by atoms with Crippen molar-refractivity contribution in [3.05, 3.63) is 126 Å². The molecule has 0 aliphatic rings. The van der Waals surface area contributed by atoms with Crippen LogP contribution in [0.1, 0.15) is 51.2 Å². The molecule has 48 heavy (non-hydrogen) atoms. The van der Waals surface area contributed by atoms with E-state index >= 15 is 0 Å². The molecule has 0 radical (unpaired) electrons. The third kappa shape index (κ3) is 16.8. The topological polar surface area (TPSA) is 143 Å². The van der Waals surface area contributed by atoms with Crippen molar-refractivity contribution in [3.63, 3.8) is 0 Å². The number of esters is 5. The molecule has 2 rings (SSSR count). The molecule has 10 heteroatoms. The highest BCUT2D eigenvalue weighted by molar-refractivity contribution is 6.00. The molecule has 0 aliphatic heterocycles. The smallest absolute Gasteiger partial charge is 0.340 e. The third-order valence-electron chi connectivity index (χ3n) is 6.23. The van der Waals surface area contributed by atoms with E-state index < -0.39 is 36.0 Å². The van der Waals surface area contributed by atoms with Crippen LogP contribution in [0.25, 0.3) is 6.08 Å². The van der Waals surface area contributed by atoms with E-state index in [1.165, 1.54) is 13.8 Å². The number of rotatable bonds is 17. The molecule has 1 N–H and O–H groups in total. The average molecular weight is 661 g/mol. The first-order valence-corrected chi connectivity index (χ1v) is 15.1. The maximum Gasteiger partial charge on any atom is 0.340 e. The minimum Gasteiger partial charge on any atom is -0.458 e. The highest BCUT2D eigenvalue weighted by Crippen LogP contribution is 2.13. The van der Waals surface area contributed by atoms with Gasteiger partial charge in [0.1, 0.15) is 13.2 Å². The summed E-state index contributed by atoms with van der Waals surface area (Å²) >= 11 is 0. The fourth-order valence-corrected chi connectivity index (χ4v) is 3.46. The molecule has 2 aromatic rings. The summed E-state index contributed by atoms with van der Waals surface area (Å²) in [7, 11) is 0. The maximum atomic E-state index is 12.7. The van der Waals surface area contributed by atoms with Gasteiger partial charge in [-0.25, -0.2) is 24.0 Å². The molecule has 2 aromatic carbocycles. The molecule has 0 aromatic heterocycles. The van der Waals surface area contributed by atoms with Gasteiger partial charge in [-0.1, -0.05) is 87.0 Å². The van der Waals surface area contributed by atoms with Crippen molar-refractivity contribution < 1.29 is 48.0 Å². The minimum absolute atomic E-state index is 0.0799. The van der Waals surface area contributed by atoms with Crippen molar-refractivity contribution in [2.45, 2.75) is 52.6 Å². The van der Waals surface area contributed by atoms with Gasteiger partial charge in [0.25, 0.3) is 0 Å². The van der Waals surface area contributed by atoms with E-state index in [4.69, 9.17) is 19.3 Å².